The molecule has 0 radical (unpaired) electrons. The molecule has 4 nitrogen and oxygen atoms in total. The molecule has 0 unspecified atom stereocenters. The van der Waals surface area contributed by atoms with E-state index in [9.17, 15) is 8.42 Å². The highest BCUT2D eigenvalue weighted by molar-refractivity contribution is 7.90. The third kappa shape index (κ3) is 3.25. The smallest absolute Gasteiger partial charge is 0.175 e. The molecule has 2 aromatic carbocycles. The number of benzene rings is 2. The van der Waals surface area contributed by atoms with Gasteiger partial charge in [0.2, 0.25) is 0 Å². The van der Waals surface area contributed by atoms with Crippen molar-refractivity contribution >= 4 is 9.84 Å². The average molecular weight is 305 g/mol. The SMILES string of the molecule is COc1c(C)cc(-c2cccc(S(C)(=O)=O)c2)cc1CN. The first-order valence-corrected chi connectivity index (χ1v) is 8.44. The Kier molecular flexibility index (Phi) is 4.34. The molecule has 5 heteroatoms. The van der Waals surface area contributed by atoms with E-state index in [4.69, 9.17) is 10.5 Å². The monoisotopic (exact) mass is 305 g/mol. The van der Waals surface area contributed by atoms with E-state index < -0.39 is 9.84 Å². The van der Waals surface area contributed by atoms with Crippen molar-refractivity contribution in [3.63, 3.8) is 0 Å². The van der Waals surface area contributed by atoms with E-state index in [1.54, 1.807) is 25.3 Å². The number of aryl methyl sites for hydroxylation is 1. The van der Waals surface area contributed by atoms with Crippen LogP contribution in [-0.2, 0) is 16.4 Å². The predicted octanol–water partition coefficient (Wildman–Crippen LogP) is 2.53. The fourth-order valence-corrected chi connectivity index (χ4v) is 3.03. The molecule has 0 fully saturated rings. The molecule has 0 saturated carbocycles. The minimum Gasteiger partial charge on any atom is -0.496 e. The minimum absolute atomic E-state index is 0.308. The van der Waals surface area contributed by atoms with E-state index in [0.717, 1.165) is 28.0 Å². The van der Waals surface area contributed by atoms with Crippen LogP contribution in [0.25, 0.3) is 11.1 Å². The zero-order chi connectivity index (χ0) is 15.6. The van der Waals surface area contributed by atoms with E-state index in [0.29, 0.717) is 11.4 Å². The first kappa shape index (κ1) is 15.5. The van der Waals surface area contributed by atoms with Crippen molar-refractivity contribution in [1.29, 1.82) is 0 Å². The number of hydrogen-bond acceptors (Lipinski definition) is 4. The number of rotatable bonds is 4. The molecule has 112 valence electrons. The van der Waals surface area contributed by atoms with Crippen LogP contribution in [0, 0.1) is 6.92 Å². The molecule has 0 saturated heterocycles. The molecular weight excluding hydrogens is 286 g/mol. The second-order valence-electron chi connectivity index (χ2n) is 4.99. The highest BCUT2D eigenvalue weighted by atomic mass is 32.2. The molecule has 2 N–H and O–H groups in total. The lowest BCUT2D eigenvalue weighted by atomic mass is 9.99. The molecule has 0 aliphatic carbocycles. The van der Waals surface area contributed by atoms with Gasteiger partial charge in [-0.15, -0.1) is 0 Å². The summed E-state index contributed by atoms with van der Waals surface area (Å²) in [5, 5.41) is 0. The molecular formula is C16H19NO3S. The standard InChI is InChI=1S/C16H19NO3S/c1-11-7-13(8-14(10-17)16(11)20-2)12-5-4-6-15(9-12)21(3,18)19/h4-9H,10,17H2,1-3H3. The molecule has 2 aromatic rings. The van der Waals surface area contributed by atoms with Gasteiger partial charge in [-0.25, -0.2) is 8.42 Å². The van der Waals surface area contributed by atoms with Gasteiger partial charge in [0.15, 0.2) is 9.84 Å². The number of methoxy groups -OCH3 is 1. The maximum absolute atomic E-state index is 11.7. The Morgan fingerprint density at radius 2 is 1.86 bits per heavy atom. The summed E-state index contributed by atoms with van der Waals surface area (Å²) in [5.41, 5.74) is 9.41. The van der Waals surface area contributed by atoms with Gasteiger partial charge in [0, 0.05) is 18.4 Å². The molecule has 0 aliphatic heterocycles. The van der Waals surface area contributed by atoms with Gasteiger partial charge in [0.25, 0.3) is 0 Å². The minimum atomic E-state index is -3.22. The lowest BCUT2D eigenvalue weighted by molar-refractivity contribution is 0.407. The largest absolute Gasteiger partial charge is 0.496 e. The fourth-order valence-electron chi connectivity index (χ4n) is 2.36. The molecule has 2 rings (SSSR count). The van der Waals surface area contributed by atoms with Gasteiger partial charge in [0.05, 0.1) is 12.0 Å². The Morgan fingerprint density at radius 1 is 1.14 bits per heavy atom. The predicted molar refractivity (Wildman–Crippen MR) is 84.2 cm³/mol. The topological polar surface area (TPSA) is 69.4 Å². The van der Waals surface area contributed by atoms with Crippen LogP contribution in [0.5, 0.6) is 5.75 Å². The van der Waals surface area contributed by atoms with E-state index in [-0.39, 0.29) is 0 Å². The molecule has 0 atom stereocenters. The summed E-state index contributed by atoms with van der Waals surface area (Å²) in [5.74, 6) is 0.778. The summed E-state index contributed by atoms with van der Waals surface area (Å²) in [6.07, 6.45) is 1.21. The van der Waals surface area contributed by atoms with E-state index >= 15 is 0 Å². The van der Waals surface area contributed by atoms with E-state index in [2.05, 4.69) is 0 Å². The highest BCUT2D eigenvalue weighted by Gasteiger charge is 2.11. The van der Waals surface area contributed by atoms with Crippen LogP contribution in [0.4, 0.5) is 0 Å². The summed E-state index contributed by atoms with van der Waals surface area (Å²) in [6, 6.07) is 10.8. The van der Waals surface area contributed by atoms with Crippen molar-refractivity contribution in [3.05, 3.63) is 47.5 Å². The summed E-state index contributed by atoms with van der Waals surface area (Å²) >= 11 is 0. The lowest BCUT2D eigenvalue weighted by Crippen LogP contribution is -2.02. The first-order chi connectivity index (χ1) is 9.86. The van der Waals surface area contributed by atoms with Gasteiger partial charge in [-0.1, -0.05) is 12.1 Å². The van der Waals surface area contributed by atoms with Gasteiger partial charge in [0.1, 0.15) is 5.75 Å². The molecule has 0 heterocycles. The van der Waals surface area contributed by atoms with Gasteiger partial charge in [-0.05, 0) is 47.9 Å². The van der Waals surface area contributed by atoms with Crippen LogP contribution in [0.3, 0.4) is 0 Å². The second-order valence-corrected chi connectivity index (χ2v) is 7.01. The van der Waals surface area contributed by atoms with Crippen molar-refractivity contribution in [2.75, 3.05) is 13.4 Å². The third-order valence-electron chi connectivity index (χ3n) is 3.37. The van der Waals surface area contributed by atoms with Crippen molar-refractivity contribution in [1.82, 2.24) is 0 Å². The van der Waals surface area contributed by atoms with Crippen molar-refractivity contribution in [2.45, 2.75) is 18.4 Å². The van der Waals surface area contributed by atoms with Crippen LogP contribution in [0.1, 0.15) is 11.1 Å². The van der Waals surface area contributed by atoms with E-state index in [1.165, 1.54) is 6.26 Å². The van der Waals surface area contributed by atoms with Crippen LogP contribution in [0.15, 0.2) is 41.3 Å². The number of ether oxygens (including phenoxy) is 1. The van der Waals surface area contributed by atoms with Gasteiger partial charge in [-0.2, -0.15) is 0 Å². The molecule has 0 aliphatic rings. The second kappa shape index (κ2) is 5.87. The maximum atomic E-state index is 11.7. The quantitative estimate of drug-likeness (QED) is 0.942. The molecule has 21 heavy (non-hydrogen) atoms. The summed E-state index contributed by atoms with van der Waals surface area (Å²) < 4.78 is 28.7. The maximum Gasteiger partial charge on any atom is 0.175 e. The van der Waals surface area contributed by atoms with Gasteiger partial charge >= 0.3 is 0 Å². The molecule has 0 spiro atoms. The Labute approximate surface area is 125 Å². The van der Waals surface area contributed by atoms with Crippen molar-refractivity contribution in [2.24, 2.45) is 5.73 Å². The van der Waals surface area contributed by atoms with Crippen LogP contribution in [-0.4, -0.2) is 21.8 Å². The fraction of sp³-hybridized carbons (Fsp3) is 0.250. The zero-order valence-corrected chi connectivity index (χ0v) is 13.2. The van der Waals surface area contributed by atoms with Gasteiger partial charge in [-0.3, -0.25) is 0 Å². The normalized spacial score (nSPS) is 11.4. The average Bonchev–Trinajstić information content (AvgIpc) is 2.45. The van der Waals surface area contributed by atoms with Gasteiger partial charge < -0.3 is 10.5 Å². The van der Waals surface area contributed by atoms with Crippen LogP contribution in [0.2, 0.25) is 0 Å². The van der Waals surface area contributed by atoms with Crippen molar-refractivity contribution < 1.29 is 13.2 Å². The molecule has 0 amide bonds. The number of sulfone groups is 1. The Bertz CT molecular complexity index is 767. The molecule has 0 aromatic heterocycles. The Balaban J connectivity index is 2.60. The summed E-state index contributed by atoms with van der Waals surface area (Å²) in [6.45, 7) is 2.31. The highest BCUT2D eigenvalue weighted by Crippen LogP contribution is 2.31. The Morgan fingerprint density at radius 3 is 2.43 bits per heavy atom. The number of nitrogens with two attached hydrogens (primary N) is 1. The van der Waals surface area contributed by atoms with E-state index in [1.807, 2.05) is 25.1 Å². The third-order valence-corrected chi connectivity index (χ3v) is 4.48. The summed E-state index contributed by atoms with van der Waals surface area (Å²) in [7, 11) is -1.60. The van der Waals surface area contributed by atoms with Crippen molar-refractivity contribution in [3.8, 4) is 16.9 Å². The first-order valence-electron chi connectivity index (χ1n) is 6.55. The lowest BCUT2D eigenvalue weighted by Gasteiger charge is -2.13. The zero-order valence-electron chi connectivity index (χ0n) is 12.4. The summed E-state index contributed by atoms with van der Waals surface area (Å²) in [4.78, 5) is 0.308. The van der Waals surface area contributed by atoms with Crippen LogP contribution >= 0.6 is 0 Å². The number of hydrogen-bond donors (Lipinski definition) is 1. The van der Waals surface area contributed by atoms with Crippen LogP contribution < -0.4 is 10.5 Å². The Hall–Kier alpha value is -1.85. The molecule has 0 bridgehead atoms.